The number of nitrogens with zero attached hydrogens (tertiary/aromatic N) is 2. The van der Waals surface area contributed by atoms with Gasteiger partial charge in [0.25, 0.3) is 0 Å². The molecule has 1 amide bonds. The van der Waals surface area contributed by atoms with Crippen molar-refractivity contribution in [2.45, 2.75) is 58.0 Å². The van der Waals surface area contributed by atoms with Gasteiger partial charge < -0.3 is 9.15 Å². The van der Waals surface area contributed by atoms with Crippen molar-refractivity contribution >= 4 is 22.7 Å². The molecule has 1 atom stereocenters. The topological polar surface area (TPSA) is 76.7 Å². The van der Waals surface area contributed by atoms with Gasteiger partial charge in [-0.15, -0.1) is 0 Å². The lowest BCUT2D eigenvalue weighted by atomic mass is 9.90. The normalized spacial score (nSPS) is 19.8. The number of hydrogen-bond donors (Lipinski definition) is 1. The highest BCUT2D eigenvalue weighted by Crippen LogP contribution is 2.29. The highest BCUT2D eigenvalue weighted by atomic mass is 16.5. The number of oxazole rings is 1. The van der Waals surface area contributed by atoms with E-state index >= 15 is 0 Å². The third-order valence-electron chi connectivity index (χ3n) is 6.25. The number of ether oxygens (including phenoxy) is 1. The first-order chi connectivity index (χ1) is 15.2. The van der Waals surface area contributed by atoms with Crippen molar-refractivity contribution in [3.05, 3.63) is 48.0 Å². The molecule has 160 valence electrons. The molecule has 0 saturated heterocycles. The van der Waals surface area contributed by atoms with Crippen LogP contribution in [-0.4, -0.2) is 22.7 Å². The van der Waals surface area contributed by atoms with Crippen LogP contribution in [0.3, 0.4) is 0 Å². The number of benzene rings is 2. The van der Waals surface area contributed by atoms with Gasteiger partial charge in [0.1, 0.15) is 11.3 Å². The third kappa shape index (κ3) is 4.20. The average molecular weight is 418 g/mol. The predicted molar refractivity (Wildman–Crippen MR) is 120 cm³/mol. The molecule has 0 spiro atoms. The maximum Gasteiger partial charge on any atom is 0.240 e. The maximum absolute atomic E-state index is 11.7. The molecule has 5 rings (SSSR count). The SMILES string of the molecule is CCC1CC(=O)NN=C1c1ccc2nc(-c3ccc(OC4CCCCC4)cc3)oc2c1. The second-order valence-corrected chi connectivity index (χ2v) is 8.45. The second-order valence-electron chi connectivity index (χ2n) is 8.45. The molecule has 1 N–H and O–H groups in total. The van der Waals surface area contributed by atoms with Crippen molar-refractivity contribution in [2.24, 2.45) is 11.0 Å². The minimum atomic E-state index is -0.0328. The number of hydrogen-bond acceptors (Lipinski definition) is 5. The summed E-state index contributed by atoms with van der Waals surface area (Å²) in [6.07, 6.45) is 7.77. The van der Waals surface area contributed by atoms with Crippen LogP contribution in [0.2, 0.25) is 0 Å². The summed E-state index contributed by atoms with van der Waals surface area (Å²) in [6.45, 7) is 2.07. The summed E-state index contributed by atoms with van der Waals surface area (Å²) in [5.74, 6) is 1.57. The molecule has 6 nitrogen and oxygen atoms in total. The first-order valence-electron chi connectivity index (χ1n) is 11.2. The van der Waals surface area contributed by atoms with Crippen molar-refractivity contribution in [2.75, 3.05) is 0 Å². The van der Waals surface area contributed by atoms with E-state index in [-0.39, 0.29) is 11.8 Å². The zero-order valence-corrected chi connectivity index (χ0v) is 17.8. The van der Waals surface area contributed by atoms with E-state index in [1.165, 1.54) is 19.3 Å². The van der Waals surface area contributed by atoms with E-state index < -0.39 is 0 Å². The van der Waals surface area contributed by atoms with Crippen LogP contribution >= 0.6 is 0 Å². The molecule has 1 aromatic heterocycles. The number of rotatable bonds is 5. The summed E-state index contributed by atoms with van der Waals surface area (Å²) in [6, 6.07) is 13.9. The van der Waals surface area contributed by atoms with Gasteiger partial charge in [-0.1, -0.05) is 19.4 Å². The van der Waals surface area contributed by atoms with Gasteiger partial charge in [-0.05, 0) is 68.5 Å². The summed E-state index contributed by atoms with van der Waals surface area (Å²) < 4.78 is 12.2. The zero-order valence-electron chi connectivity index (χ0n) is 17.8. The highest BCUT2D eigenvalue weighted by Gasteiger charge is 2.24. The molecule has 1 saturated carbocycles. The van der Waals surface area contributed by atoms with Crippen molar-refractivity contribution in [1.82, 2.24) is 10.4 Å². The van der Waals surface area contributed by atoms with Gasteiger partial charge in [-0.3, -0.25) is 4.79 Å². The molecular weight excluding hydrogens is 390 g/mol. The number of fused-ring (bicyclic) bond motifs is 1. The monoisotopic (exact) mass is 417 g/mol. The van der Waals surface area contributed by atoms with Gasteiger partial charge in [-0.2, -0.15) is 5.10 Å². The molecule has 2 aromatic carbocycles. The summed E-state index contributed by atoms with van der Waals surface area (Å²) in [7, 11) is 0. The molecule has 1 aliphatic carbocycles. The van der Waals surface area contributed by atoms with E-state index in [1.54, 1.807) is 0 Å². The van der Waals surface area contributed by atoms with Crippen molar-refractivity contribution < 1.29 is 13.9 Å². The van der Waals surface area contributed by atoms with Gasteiger partial charge in [-0.25, -0.2) is 10.4 Å². The standard InChI is InChI=1S/C25H27N3O3/c1-2-16-15-23(29)27-28-24(16)18-10-13-21-22(14-18)31-25(26-21)17-8-11-20(12-9-17)30-19-6-4-3-5-7-19/h8-14,16,19H,2-7,15H2,1H3,(H,27,29). The summed E-state index contributed by atoms with van der Waals surface area (Å²) >= 11 is 0. The van der Waals surface area contributed by atoms with E-state index in [0.29, 0.717) is 24.0 Å². The van der Waals surface area contributed by atoms with Crippen molar-refractivity contribution in [3.63, 3.8) is 0 Å². The Balaban J connectivity index is 1.37. The smallest absolute Gasteiger partial charge is 0.240 e. The summed E-state index contributed by atoms with van der Waals surface area (Å²) in [5, 5.41) is 4.30. The van der Waals surface area contributed by atoms with Crippen LogP contribution in [0.4, 0.5) is 0 Å². The van der Waals surface area contributed by atoms with E-state index in [1.807, 2.05) is 42.5 Å². The number of carbonyl (C=O) groups excluding carboxylic acids is 1. The molecule has 1 aliphatic heterocycles. The highest BCUT2D eigenvalue weighted by molar-refractivity contribution is 6.07. The molecule has 31 heavy (non-hydrogen) atoms. The van der Waals surface area contributed by atoms with Crippen molar-refractivity contribution in [3.8, 4) is 17.2 Å². The number of carbonyl (C=O) groups is 1. The molecule has 0 bridgehead atoms. The lowest BCUT2D eigenvalue weighted by Crippen LogP contribution is -2.33. The largest absolute Gasteiger partial charge is 0.490 e. The fraction of sp³-hybridized carbons (Fsp3) is 0.400. The minimum Gasteiger partial charge on any atom is -0.490 e. The second kappa shape index (κ2) is 8.53. The van der Waals surface area contributed by atoms with Crippen LogP contribution in [0.15, 0.2) is 52.0 Å². The Hall–Kier alpha value is -3.15. The van der Waals surface area contributed by atoms with Gasteiger partial charge in [0.2, 0.25) is 11.8 Å². The van der Waals surface area contributed by atoms with Crippen LogP contribution in [0.1, 0.15) is 57.4 Å². The Kier molecular flexibility index (Phi) is 5.45. The van der Waals surface area contributed by atoms with Crippen LogP contribution in [0.25, 0.3) is 22.6 Å². The van der Waals surface area contributed by atoms with Gasteiger partial charge in [0, 0.05) is 23.5 Å². The molecule has 2 heterocycles. The Morgan fingerprint density at radius 2 is 1.84 bits per heavy atom. The lowest BCUT2D eigenvalue weighted by molar-refractivity contribution is -0.122. The molecule has 1 fully saturated rings. The maximum atomic E-state index is 11.7. The van der Waals surface area contributed by atoms with Crippen molar-refractivity contribution in [1.29, 1.82) is 0 Å². The molecule has 6 heteroatoms. The van der Waals surface area contributed by atoms with Gasteiger partial charge >= 0.3 is 0 Å². The van der Waals surface area contributed by atoms with E-state index in [4.69, 9.17) is 9.15 Å². The lowest BCUT2D eigenvalue weighted by Gasteiger charge is -2.22. The molecule has 0 radical (unpaired) electrons. The Bertz CT molecular complexity index is 1110. The molecule has 2 aliphatic rings. The first kappa shape index (κ1) is 19.8. The van der Waals surface area contributed by atoms with Gasteiger partial charge in [0.15, 0.2) is 5.58 Å². The minimum absolute atomic E-state index is 0.0328. The number of amides is 1. The number of hydrazone groups is 1. The summed E-state index contributed by atoms with van der Waals surface area (Å²) in [5.41, 5.74) is 6.88. The van der Waals surface area contributed by atoms with Gasteiger partial charge in [0.05, 0.1) is 11.8 Å². The zero-order chi connectivity index (χ0) is 21.2. The fourth-order valence-corrected chi connectivity index (χ4v) is 4.48. The predicted octanol–water partition coefficient (Wildman–Crippen LogP) is 5.46. The Morgan fingerprint density at radius 3 is 2.61 bits per heavy atom. The molecule has 3 aromatic rings. The number of aromatic nitrogens is 1. The van der Waals surface area contributed by atoms with Crippen LogP contribution < -0.4 is 10.2 Å². The Labute approximate surface area is 181 Å². The van der Waals surface area contributed by atoms with E-state index in [0.717, 1.165) is 47.4 Å². The van der Waals surface area contributed by atoms with E-state index in [9.17, 15) is 4.79 Å². The number of nitrogens with one attached hydrogen (secondary N) is 1. The molecular formula is C25H27N3O3. The Morgan fingerprint density at radius 1 is 1.06 bits per heavy atom. The van der Waals surface area contributed by atoms with Crippen LogP contribution in [0.5, 0.6) is 5.75 Å². The average Bonchev–Trinajstić information content (AvgIpc) is 3.23. The third-order valence-corrected chi connectivity index (χ3v) is 6.25. The summed E-state index contributed by atoms with van der Waals surface area (Å²) in [4.78, 5) is 16.3. The molecule has 1 unspecified atom stereocenters. The van der Waals surface area contributed by atoms with Crippen LogP contribution in [0, 0.1) is 5.92 Å². The first-order valence-corrected chi connectivity index (χ1v) is 11.2. The fourth-order valence-electron chi connectivity index (χ4n) is 4.48. The quantitative estimate of drug-likeness (QED) is 0.598. The van der Waals surface area contributed by atoms with E-state index in [2.05, 4.69) is 22.4 Å². The van der Waals surface area contributed by atoms with Crippen LogP contribution in [-0.2, 0) is 4.79 Å².